The van der Waals surface area contributed by atoms with Gasteiger partial charge in [0.1, 0.15) is 0 Å². The molecule has 1 saturated carbocycles. The van der Waals surface area contributed by atoms with Gasteiger partial charge in [0.15, 0.2) is 0 Å². The summed E-state index contributed by atoms with van der Waals surface area (Å²) in [5.74, 6) is 1.66. The summed E-state index contributed by atoms with van der Waals surface area (Å²) in [6.07, 6.45) is 5.78. The molecular formula is C13H26N2O. The van der Waals surface area contributed by atoms with Crippen LogP contribution in [0.4, 0.5) is 0 Å². The van der Waals surface area contributed by atoms with Crippen LogP contribution in [0.2, 0.25) is 0 Å². The highest BCUT2D eigenvalue weighted by molar-refractivity contribution is 5.76. The van der Waals surface area contributed by atoms with E-state index in [4.69, 9.17) is 5.73 Å². The molecule has 2 N–H and O–H groups in total. The van der Waals surface area contributed by atoms with Crippen molar-refractivity contribution >= 4 is 5.91 Å². The van der Waals surface area contributed by atoms with Crippen LogP contribution in [0.1, 0.15) is 46.0 Å². The molecule has 0 bridgehead atoms. The molecule has 3 atom stereocenters. The number of rotatable bonds is 4. The maximum absolute atomic E-state index is 12.0. The van der Waals surface area contributed by atoms with Gasteiger partial charge in [-0.3, -0.25) is 4.79 Å². The molecule has 0 heterocycles. The SMILES string of the molecule is CC1CCCC(CC(=O)N(C)C(C)CN)C1. The molecule has 1 amide bonds. The first kappa shape index (κ1) is 13.5. The van der Waals surface area contributed by atoms with E-state index in [0.717, 1.165) is 5.92 Å². The number of hydrogen-bond acceptors (Lipinski definition) is 2. The summed E-state index contributed by atoms with van der Waals surface area (Å²) in [4.78, 5) is 13.8. The van der Waals surface area contributed by atoms with Crippen LogP contribution in [0.25, 0.3) is 0 Å². The van der Waals surface area contributed by atoms with Crippen LogP contribution in [0, 0.1) is 11.8 Å². The molecule has 0 aromatic heterocycles. The molecule has 0 radical (unpaired) electrons. The molecule has 1 rings (SSSR count). The van der Waals surface area contributed by atoms with Gasteiger partial charge >= 0.3 is 0 Å². The summed E-state index contributed by atoms with van der Waals surface area (Å²) in [6.45, 7) is 4.84. The average Bonchev–Trinajstić information content (AvgIpc) is 2.27. The summed E-state index contributed by atoms with van der Waals surface area (Å²) >= 11 is 0. The van der Waals surface area contributed by atoms with Gasteiger partial charge in [-0.1, -0.05) is 19.8 Å². The van der Waals surface area contributed by atoms with E-state index in [1.54, 1.807) is 4.90 Å². The van der Waals surface area contributed by atoms with Crippen LogP contribution in [0.15, 0.2) is 0 Å². The lowest BCUT2D eigenvalue weighted by molar-refractivity contribution is -0.132. The lowest BCUT2D eigenvalue weighted by atomic mass is 9.80. The van der Waals surface area contributed by atoms with Crippen LogP contribution in [0.3, 0.4) is 0 Å². The Morgan fingerprint density at radius 3 is 2.75 bits per heavy atom. The van der Waals surface area contributed by atoms with E-state index in [1.165, 1.54) is 25.7 Å². The van der Waals surface area contributed by atoms with Gasteiger partial charge in [-0.25, -0.2) is 0 Å². The summed E-state index contributed by atoms with van der Waals surface area (Å²) in [5.41, 5.74) is 5.57. The van der Waals surface area contributed by atoms with Gasteiger partial charge in [0.05, 0.1) is 0 Å². The number of carbonyl (C=O) groups excluding carboxylic acids is 1. The fourth-order valence-corrected chi connectivity index (χ4v) is 2.54. The van der Waals surface area contributed by atoms with Crippen molar-refractivity contribution in [3.8, 4) is 0 Å². The third kappa shape index (κ3) is 3.78. The summed E-state index contributed by atoms with van der Waals surface area (Å²) < 4.78 is 0. The van der Waals surface area contributed by atoms with Gasteiger partial charge in [0.2, 0.25) is 5.91 Å². The first-order valence-corrected chi connectivity index (χ1v) is 6.50. The molecule has 0 spiro atoms. The van der Waals surface area contributed by atoms with Gasteiger partial charge in [0, 0.05) is 26.1 Å². The molecule has 0 aliphatic heterocycles. The van der Waals surface area contributed by atoms with Crippen LogP contribution >= 0.6 is 0 Å². The predicted molar refractivity (Wildman–Crippen MR) is 67.0 cm³/mol. The lowest BCUT2D eigenvalue weighted by Crippen LogP contribution is -2.40. The second-order valence-electron chi connectivity index (χ2n) is 5.43. The second-order valence-corrected chi connectivity index (χ2v) is 5.43. The van der Waals surface area contributed by atoms with Crippen molar-refractivity contribution in [1.29, 1.82) is 0 Å². The van der Waals surface area contributed by atoms with E-state index in [9.17, 15) is 4.79 Å². The number of nitrogens with two attached hydrogens (primary N) is 1. The Hall–Kier alpha value is -0.570. The predicted octanol–water partition coefficient (Wildman–Crippen LogP) is 2.01. The van der Waals surface area contributed by atoms with Crippen molar-refractivity contribution in [3.05, 3.63) is 0 Å². The lowest BCUT2D eigenvalue weighted by Gasteiger charge is -2.29. The van der Waals surface area contributed by atoms with Crippen molar-refractivity contribution < 1.29 is 4.79 Å². The van der Waals surface area contributed by atoms with Crippen LogP contribution in [-0.4, -0.2) is 30.4 Å². The maximum atomic E-state index is 12.0. The Morgan fingerprint density at radius 1 is 1.50 bits per heavy atom. The highest BCUT2D eigenvalue weighted by Crippen LogP contribution is 2.31. The van der Waals surface area contributed by atoms with Gasteiger partial charge < -0.3 is 10.6 Å². The molecule has 0 aromatic carbocycles. The van der Waals surface area contributed by atoms with E-state index in [-0.39, 0.29) is 11.9 Å². The standard InChI is InChI=1S/C13H26N2O/c1-10-5-4-6-12(7-10)8-13(16)15(3)11(2)9-14/h10-12H,4-9,14H2,1-3H3. The van der Waals surface area contributed by atoms with E-state index in [0.29, 0.717) is 18.9 Å². The van der Waals surface area contributed by atoms with Gasteiger partial charge in [-0.15, -0.1) is 0 Å². The van der Waals surface area contributed by atoms with E-state index < -0.39 is 0 Å². The summed E-state index contributed by atoms with van der Waals surface area (Å²) in [5, 5.41) is 0. The molecule has 1 aliphatic carbocycles. The van der Waals surface area contributed by atoms with Crippen molar-refractivity contribution in [2.75, 3.05) is 13.6 Å². The van der Waals surface area contributed by atoms with Gasteiger partial charge in [-0.2, -0.15) is 0 Å². The molecule has 1 aliphatic rings. The quantitative estimate of drug-likeness (QED) is 0.797. The van der Waals surface area contributed by atoms with Crippen molar-refractivity contribution in [2.45, 2.75) is 52.0 Å². The smallest absolute Gasteiger partial charge is 0.222 e. The maximum Gasteiger partial charge on any atom is 0.222 e. The van der Waals surface area contributed by atoms with Gasteiger partial charge in [0.25, 0.3) is 0 Å². The zero-order chi connectivity index (χ0) is 12.1. The number of carbonyl (C=O) groups is 1. The number of nitrogens with zero attached hydrogens (tertiary/aromatic N) is 1. The molecule has 16 heavy (non-hydrogen) atoms. The minimum absolute atomic E-state index is 0.161. The fraction of sp³-hybridized carbons (Fsp3) is 0.923. The molecule has 3 heteroatoms. The molecule has 0 saturated heterocycles. The van der Waals surface area contributed by atoms with E-state index in [1.807, 2.05) is 14.0 Å². The topological polar surface area (TPSA) is 46.3 Å². The normalized spacial score (nSPS) is 27.5. The Bertz CT molecular complexity index is 230. The van der Waals surface area contributed by atoms with Crippen molar-refractivity contribution in [1.82, 2.24) is 4.90 Å². The van der Waals surface area contributed by atoms with E-state index >= 15 is 0 Å². The Morgan fingerprint density at radius 2 is 2.19 bits per heavy atom. The third-order valence-electron chi connectivity index (χ3n) is 3.90. The number of likely N-dealkylation sites (N-methyl/N-ethyl adjacent to an activating group) is 1. The largest absolute Gasteiger partial charge is 0.342 e. The summed E-state index contributed by atoms with van der Waals surface area (Å²) in [6, 6.07) is 0.161. The fourth-order valence-electron chi connectivity index (χ4n) is 2.54. The number of amides is 1. The highest BCUT2D eigenvalue weighted by atomic mass is 16.2. The monoisotopic (exact) mass is 226 g/mol. The first-order valence-electron chi connectivity index (χ1n) is 6.50. The molecule has 3 unspecified atom stereocenters. The molecular weight excluding hydrogens is 200 g/mol. The number of hydrogen-bond donors (Lipinski definition) is 1. The highest BCUT2D eigenvalue weighted by Gasteiger charge is 2.23. The molecule has 1 fully saturated rings. The van der Waals surface area contributed by atoms with Crippen molar-refractivity contribution in [2.24, 2.45) is 17.6 Å². The Balaban J connectivity index is 2.38. The minimum atomic E-state index is 0.161. The van der Waals surface area contributed by atoms with Crippen LogP contribution in [0.5, 0.6) is 0 Å². The third-order valence-corrected chi connectivity index (χ3v) is 3.90. The first-order chi connectivity index (χ1) is 7.54. The zero-order valence-corrected chi connectivity index (χ0v) is 10.9. The minimum Gasteiger partial charge on any atom is -0.342 e. The second kappa shape index (κ2) is 6.24. The molecule has 3 nitrogen and oxygen atoms in total. The Kier molecular flexibility index (Phi) is 5.26. The van der Waals surface area contributed by atoms with Crippen LogP contribution < -0.4 is 5.73 Å². The van der Waals surface area contributed by atoms with Crippen molar-refractivity contribution in [3.63, 3.8) is 0 Å². The van der Waals surface area contributed by atoms with E-state index in [2.05, 4.69) is 6.92 Å². The van der Waals surface area contributed by atoms with Gasteiger partial charge in [-0.05, 0) is 31.6 Å². The van der Waals surface area contributed by atoms with Crippen LogP contribution in [-0.2, 0) is 4.79 Å². The molecule has 94 valence electrons. The zero-order valence-electron chi connectivity index (χ0n) is 10.9. The Labute approximate surface area is 99.4 Å². The average molecular weight is 226 g/mol. The summed E-state index contributed by atoms with van der Waals surface area (Å²) in [7, 11) is 1.87. The molecule has 0 aromatic rings.